The number of amides is 2. The van der Waals surface area contributed by atoms with Crippen LogP contribution in [0.2, 0.25) is 0 Å². The first-order valence-corrected chi connectivity index (χ1v) is 9.61. The van der Waals surface area contributed by atoms with Crippen LogP contribution in [-0.2, 0) is 9.59 Å². The van der Waals surface area contributed by atoms with Gasteiger partial charge in [-0.3, -0.25) is 14.4 Å². The largest absolute Gasteiger partial charge is 0.484 e. The van der Waals surface area contributed by atoms with Crippen LogP contribution in [0.1, 0.15) is 22.3 Å². The Morgan fingerprint density at radius 1 is 0.839 bits per heavy atom. The standard InChI is InChI=1S/C24H21FN2O4/c25-19-8-10-20(11-9-19)27(15-14-22(26)28)23(29)16-31-21-12-6-18(7-13-21)24(30)17-4-2-1-3-5-17/h1-13H,14-16H2,(H2,26,28). The van der Waals surface area contributed by atoms with Crippen molar-refractivity contribution in [2.45, 2.75) is 6.42 Å². The van der Waals surface area contributed by atoms with E-state index in [9.17, 15) is 18.8 Å². The summed E-state index contributed by atoms with van der Waals surface area (Å²) in [6.07, 6.45) is -0.0423. The highest BCUT2D eigenvalue weighted by Crippen LogP contribution is 2.18. The van der Waals surface area contributed by atoms with Crippen LogP contribution in [-0.4, -0.2) is 30.7 Å². The van der Waals surface area contributed by atoms with Gasteiger partial charge in [0.25, 0.3) is 5.91 Å². The summed E-state index contributed by atoms with van der Waals surface area (Å²) in [5.74, 6) is -1.12. The third-order valence-corrected chi connectivity index (χ3v) is 4.54. The van der Waals surface area contributed by atoms with Crippen LogP contribution < -0.4 is 15.4 Å². The van der Waals surface area contributed by atoms with Crippen molar-refractivity contribution in [3.63, 3.8) is 0 Å². The van der Waals surface area contributed by atoms with Gasteiger partial charge in [-0.1, -0.05) is 30.3 Å². The minimum Gasteiger partial charge on any atom is -0.484 e. The number of anilines is 1. The fourth-order valence-electron chi connectivity index (χ4n) is 2.92. The van der Waals surface area contributed by atoms with Crippen LogP contribution in [0.25, 0.3) is 0 Å². The highest BCUT2D eigenvalue weighted by molar-refractivity contribution is 6.09. The molecule has 7 heteroatoms. The molecule has 0 bridgehead atoms. The van der Waals surface area contributed by atoms with Gasteiger partial charge in [-0.2, -0.15) is 0 Å². The summed E-state index contributed by atoms with van der Waals surface area (Å²) in [7, 11) is 0. The molecule has 3 aromatic rings. The molecule has 2 N–H and O–H groups in total. The average Bonchev–Trinajstić information content (AvgIpc) is 2.79. The van der Waals surface area contributed by atoms with Crippen LogP contribution >= 0.6 is 0 Å². The Morgan fingerprint density at radius 2 is 1.45 bits per heavy atom. The maximum Gasteiger partial charge on any atom is 0.264 e. The summed E-state index contributed by atoms with van der Waals surface area (Å²) in [6, 6.07) is 20.7. The Morgan fingerprint density at radius 3 is 2.06 bits per heavy atom. The van der Waals surface area contributed by atoms with Gasteiger partial charge in [0.2, 0.25) is 5.91 Å². The second-order valence-electron chi connectivity index (χ2n) is 6.75. The second-order valence-corrected chi connectivity index (χ2v) is 6.75. The molecule has 0 atom stereocenters. The zero-order chi connectivity index (χ0) is 22.2. The molecule has 158 valence electrons. The number of nitrogens with zero attached hydrogens (tertiary/aromatic N) is 1. The molecule has 0 saturated heterocycles. The van der Waals surface area contributed by atoms with E-state index < -0.39 is 17.6 Å². The summed E-state index contributed by atoms with van der Waals surface area (Å²) in [5.41, 5.74) is 6.70. The van der Waals surface area contributed by atoms with E-state index in [1.165, 1.54) is 29.2 Å². The number of ether oxygens (including phenoxy) is 1. The lowest BCUT2D eigenvalue weighted by Gasteiger charge is -2.22. The molecule has 0 saturated carbocycles. The van der Waals surface area contributed by atoms with Gasteiger partial charge in [-0.15, -0.1) is 0 Å². The quantitative estimate of drug-likeness (QED) is 0.538. The SMILES string of the molecule is NC(=O)CCN(C(=O)COc1ccc(C(=O)c2ccccc2)cc1)c1ccc(F)cc1. The van der Waals surface area contributed by atoms with Gasteiger partial charge in [0, 0.05) is 29.8 Å². The number of rotatable bonds is 9. The van der Waals surface area contributed by atoms with Crippen molar-refractivity contribution in [3.05, 3.63) is 95.8 Å². The summed E-state index contributed by atoms with van der Waals surface area (Å²) < 4.78 is 18.8. The van der Waals surface area contributed by atoms with Crippen molar-refractivity contribution < 1.29 is 23.5 Å². The third-order valence-electron chi connectivity index (χ3n) is 4.54. The van der Waals surface area contributed by atoms with Gasteiger partial charge in [-0.25, -0.2) is 4.39 Å². The molecule has 3 rings (SSSR count). The molecule has 3 aromatic carbocycles. The van der Waals surface area contributed by atoms with Crippen LogP contribution in [0.15, 0.2) is 78.9 Å². The normalized spacial score (nSPS) is 10.4. The number of benzene rings is 3. The van der Waals surface area contributed by atoms with Crippen molar-refractivity contribution in [2.24, 2.45) is 5.73 Å². The molecule has 0 spiro atoms. The van der Waals surface area contributed by atoms with Crippen LogP contribution in [0.5, 0.6) is 5.75 Å². The number of hydrogen-bond acceptors (Lipinski definition) is 4. The molecular weight excluding hydrogens is 399 g/mol. The molecule has 2 amide bonds. The van der Waals surface area contributed by atoms with E-state index in [1.54, 1.807) is 48.5 Å². The lowest BCUT2D eigenvalue weighted by atomic mass is 10.0. The van der Waals surface area contributed by atoms with Crippen LogP contribution in [0.4, 0.5) is 10.1 Å². The Labute approximate surface area is 179 Å². The van der Waals surface area contributed by atoms with E-state index in [2.05, 4.69) is 0 Å². The predicted molar refractivity (Wildman–Crippen MR) is 114 cm³/mol. The number of hydrogen-bond donors (Lipinski definition) is 1. The minimum atomic E-state index is -0.556. The van der Waals surface area contributed by atoms with Crippen LogP contribution in [0.3, 0.4) is 0 Å². The van der Waals surface area contributed by atoms with Gasteiger partial charge < -0.3 is 15.4 Å². The minimum absolute atomic E-state index is 0.0423. The van der Waals surface area contributed by atoms with E-state index in [1.807, 2.05) is 6.07 Å². The molecular formula is C24H21FN2O4. The molecule has 0 fully saturated rings. The summed E-state index contributed by atoms with van der Waals surface area (Å²) in [4.78, 5) is 37.6. The number of ketones is 1. The Bertz CT molecular complexity index is 1050. The predicted octanol–water partition coefficient (Wildman–Crippen LogP) is 3.34. The average molecular weight is 420 g/mol. The monoisotopic (exact) mass is 420 g/mol. The first-order chi connectivity index (χ1) is 14.9. The summed E-state index contributed by atoms with van der Waals surface area (Å²) >= 11 is 0. The molecule has 0 unspecified atom stereocenters. The molecule has 0 heterocycles. The van der Waals surface area contributed by atoms with Gasteiger partial charge >= 0.3 is 0 Å². The summed E-state index contributed by atoms with van der Waals surface area (Å²) in [6.45, 7) is -0.254. The number of carbonyl (C=O) groups is 3. The third kappa shape index (κ3) is 5.99. The van der Waals surface area contributed by atoms with E-state index >= 15 is 0 Å². The van der Waals surface area contributed by atoms with Gasteiger partial charge in [-0.05, 0) is 48.5 Å². The van der Waals surface area contributed by atoms with E-state index in [0.717, 1.165) is 0 Å². The van der Waals surface area contributed by atoms with Gasteiger partial charge in [0.05, 0.1) is 0 Å². The maximum absolute atomic E-state index is 13.2. The molecule has 0 aliphatic carbocycles. The molecule has 0 aromatic heterocycles. The molecule has 31 heavy (non-hydrogen) atoms. The zero-order valence-electron chi connectivity index (χ0n) is 16.7. The van der Waals surface area contributed by atoms with Gasteiger partial charge in [0.1, 0.15) is 11.6 Å². The first kappa shape index (κ1) is 21.7. The fourth-order valence-corrected chi connectivity index (χ4v) is 2.92. The smallest absolute Gasteiger partial charge is 0.264 e. The van der Waals surface area contributed by atoms with Crippen molar-refractivity contribution in [2.75, 3.05) is 18.1 Å². The lowest BCUT2D eigenvalue weighted by Crippen LogP contribution is -2.37. The maximum atomic E-state index is 13.2. The molecule has 6 nitrogen and oxygen atoms in total. The van der Waals surface area contributed by atoms with E-state index in [-0.39, 0.29) is 25.4 Å². The molecule has 0 aliphatic rings. The van der Waals surface area contributed by atoms with Gasteiger partial charge in [0.15, 0.2) is 12.4 Å². The first-order valence-electron chi connectivity index (χ1n) is 9.61. The lowest BCUT2D eigenvalue weighted by molar-refractivity contribution is -0.120. The molecule has 0 radical (unpaired) electrons. The molecule has 0 aliphatic heterocycles. The van der Waals surface area contributed by atoms with Crippen molar-refractivity contribution in [3.8, 4) is 5.75 Å². The summed E-state index contributed by atoms with van der Waals surface area (Å²) in [5, 5.41) is 0. The highest BCUT2D eigenvalue weighted by Gasteiger charge is 2.18. The number of primary amides is 1. The Kier molecular flexibility index (Phi) is 7.11. The topological polar surface area (TPSA) is 89.7 Å². The number of nitrogens with two attached hydrogens (primary N) is 1. The highest BCUT2D eigenvalue weighted by atomic mass is 19.1. The second kappa shape index (κ2) is 10.2. The van der Waals surface area contributed by atoms with Crippen LogP contribution in [0, 0.1) is 5.82 Å². The van der Waals surface area contributed by atoms with E-state index in [4.69, 9.17) is 10.5 Å². The van der Waals surface area contributed by atoms with Crippen molar-refractivity contribution >= 4 is 23.3 Å². The van der Waals surface area contributed by atoms with Crippen molar-refractivity contribution in [1.29, 1.82) is 0 Å². The fraction of sp³-hybridized carbons (Fsp3) is 0.125. The number of halogens is 1. The zero-order valence-corrected chi connectivity index (χ0v) is 16.7. The Hall–Kier alpha value is -4.00. The Balaban J connectivity index is 1.65. The number of carbonyl (C=O) groups excluding carboxylic acids is 3. The van der Waals surface area contributed by atoms with Crippen molar-refractivity contribution in [1.82, 2.24) is 0 Å². The van der Waals surface area contributed by atoms with E-state index in [0.29, 0.717) is 22.6 Å².